The lowest BCUT2D eigenvalue weighted by Gasteiger charge is -2.13. The molecule has 1 saturated heterocycles. The number of nitrogens with zero attached hydrogens (tertiary/aromatic N) is 1. The predicted octanol–water partition coefficient (Wildman–Crippen LogP) is 2.89. The molecule has 2 heterocycles. The number of imide groups is 1. The van der Waals surface area contributed by atoms with E-state index in [1.807, 2.05) is 56.4 Å². The van der Waals surface area contributed by atoms with Crippen LogP contribution >= 0.6 is 0 Å². The molecule has 0 aliphatic carbocycles. The maximum absolute atomic E-state index is 12.7. The Morgan fingerprint density at radius 1 is 1.10 bits per heavy atom. The van der Waals surface area contributed by atoms with E-state index in [0.29, 0.717) is 12.1 Å². The molecule has 4 rings (SSSR count). The van der Waals surface area contributed by atoms with E-state index in [1.165, 1.54) is 0 Å². The number of aromatic nitrogens is 1. The van der Waals surface area contributed by atoms with Gasteiger partial charge < -0.3 is 15.6 Å². The summed E-state index contributed by atoms with van der Waals surface area (Å²) in [6.07, 6.45) is 2.21. The van der Waals surface area contributed by atoms with Crippen LogP contribution in [0.25, 0.3) is 10.9 Å². The van der Waals surface area contributed by atoms with Gasteiger partial charge in [0.2, 0.25) is 5.91 Å². The van der Waals surface area contributed by atoms with Crippen molar-refractivity contribution in [1.82, 2.24) is 15.2 Å². The Balaban J connectivity index is 1.42. The van der Waals surface area contributed by atoms with Gasteiger partial charge in [0.05, 0.1) is 0 Å². The van der Waals surface area contributed by atoms with Crippen LogP contribution in [0.1, 0.15) is 16.7 Å². The van der Waals surface area contributed by atoms with E-state index in [4.69, 9.17) is 0 Å². The topological polar surface area (TPSA) is 94.3 Å². The molecule has 1 aromatic heterocycles. The summed E-state index contributed by atoms with van der Waals surface area (Å²) >= 11 is 0. The molecule has 1 unspecified atom stereocenters. The molecule has 0 bridgehead atoms. The minimum Gasteiger partial charge on any atom is -0.361 e. The molecule has 1 aliphatic heterocycles. The van der Waals surface area contributed by atoms with Gasteiger partial charge in [-0.15, -0.1) is 0 Å². The van der Waals surface area contributed by atoms with E-state index >= 15 is 0 Å². The van der Waals surface area contributed by atoms with Crippen LogP contribution < -0.4 is 10.6 Å². The number of anilines is 1. The number of H-pyrrole nitrogens is 1. The number of amides is 4. The first-order valence-electron chi connectivity index (χ1n) is 9.46. The molecule has 7 nitrogen and oxygen atoms in total. The smallest absolute Gasteiger partial charge is 0.325 e. The van der Waals surface area contributed by atoms with Crippen LogP contribution in [-0.4, -0.2) is 40.3 Å². The van der Waals surface area contributed by atoms with E-state index < -0.39 is 23.9 Å². The quantitative estimate of drug-likeness (QED) is 0.585. The third-order valence-electron chi connectivity index (χ3n) is 5.30. The van der Waals surface area contributed by atoms with E-state index in [-0.39, 0.29) is 6.54 Å². The third kappa shape index (κ3) is 3.71. The van der Waals surface area contributed by atoms with Gasteiger partial charge >= 0.3 is 6.03 Å². The highest BCUT2D eigenvalue weighted by Gasteiger charge is 2.39. The van der Waals surface area contributed by atoms with Gasteiger partial charge in [-0.05, 0) is 48.7 Å². The number of para-hydroxylation sites is 1. The highest BCUT2D eigenvalue weighted by Crippen LogP contribution is 2.21. The second-order valence-corrected chi connectivity index (χ2v) is 7.34. The van der Waals surface area contributed by atoms with Gasteiger partial charge in [-0.2, -0.15) is 0 Å². The molecule has 1 aliphatic rings. The maximum Gasteiger partial charge on any atom is 0.325 e. The molecule has 3 aromatic rings. The first kappa shape index (κ1) is 18.7. The van der Waals surface area contributed by atoms with Crippen molar-refractivity contribution >= 4 is 34.4 Å². The summed E-state index contributed by atoms with van der Waals surface area (Å²) in [5.74, 6) is -0.806. The summed E-state index contributed by atoms with van der Waals surface area (Å²) in [5.41, 5.74) is 4.74. The van der Waals surface area contributed by atoms with Crippen molar-refractivity contribution in [1.29, 1.82) is 0 Å². The fourth-order valence-corrected chi connectivity index (χ4v) is 3.55. The Labute approximate surface area is 168 Å². The number of aromatic amines is 1. The van der Waals surface area contributed by atoms with Crippen molar-refractivity contribution in [2.24, 2.45) is 0 Å². The van der Waals surface area contributed by atoms with E-state index in [9.17, 15) is 14.4 Å². The number of carbonyl (C=O) groups is 3. The molecule has 1 atom stereocenters. The Bertz CT molecular complexity index is 1120. The molecule has 4 amide bonds. The molecule has 3 N–H and O–H groups in total. The molecule has 0 radical (unpaired) electrons. The zero-order valence-corrected chi connectivity index (χ0v) is 16.3. The maximum atomic E-state index is 12.7. The molecule has 29 heavy (non-hydrogen) atoms. The van der Waals surface area contributed by atoms with Gasteiger partial charge in [0.15, 0.2) is 0 Å². The van der Waals surface area contributed by atoms with Crippen LogP contribution in [-0.2, 0) is 16.0 Å². The van der Waals surface area contributed by atoms with Crippen LogP contribution in [0.15, 0.2) is 48.7 Å². The SMILES string of the molecule is Cc1ccc(NC(=O)CN2C(=O)NC(Cc3c[nH]c4ccccc34)C2=O)cc1C. The lowest BCUT2D eigenvalue weighted by atomic mass is 10.1. The van der Waals surface area contributed by atoms with Gasteiger partial charge in [-0.25, -0.2) is 4.79 Å². The number of fused-ring (bicyclic) bond motifs is 1. The van der Waals surface area contributed by atoms with Gasteiger partial charge in [0.25, 0.3) is 5.91 Å². The summed E-state index contributed by atoms with van der Waals surface area (Å²) in [4.78, 5) is 41.5. The number of benzene rings is 2. The van der Waals surface area contributed by atoms with Crippen molar-refractivity contribution in [3.8, 4) is 0 Å². The summed E-state index contributed by atoms with van der Waals surface area (Å²) in [7, 11) is 0. The van der Waals surface area contributed by atoms with E-state index in [0.717, 1.165) is 32.5 Å². The zero-order valence-electron chi connectivity index (χ0n) is 16.3. The molecule has 7 heteroatoms. The van der Waals surface area contributed by atoms with E-state index in [1.54, 1.807) is 6.07 Å². The molecule has 0 saturated carbocycles. The van der Waals surface area contributed by atoms with Crippen LogP contribution in [0.2, 0.25) is 0 Å². The summed E-state index contributed by atoms with van der Waals surface area (Å²) < 4.78 is 0. The van der Waals surface area contributed by atoms with Gasteiger partial charge in [-0.3, -0.25) is 14.5 Å². The fraction of sp³-hybridized carbons (Fsp3) is 0.227. The zero-order chi connectivity index (χ0) is 20.5. The number of hydrogen-bond donors (Lipinski definition) is 3. The summed E-state index contributed by atoms with van der Waals surface area (Å²) in [5, 5.41) is 6.45. The number of rotatable bonds is 5. The minimum atomic E-state index is -0.684. The Morgan fingerprint density at radius 2 is 1.90 bits per heavy atom. The van der Waals surface area contributed by atoms with E-state index in [2.05, 4.69) is 15.6 Å². The highest BCUT2D eigenvalue weighted by atomic mass is 16.2. The van der Waals surface area contributed by atoms with Crippen LogP contribution in [0, 0.1) is 13.8 Å². The number of nitrogens with one attached hydrogen (secondary N) is 3. The molecule has 0 spiro atoms. The monoisotopic (exact) mass is 390 g/mol. The Kier molecular flexibility index (Phi) is 4.80. The second-order valence-electron chi connectivity index (χ2n) is 7.34. The molecule has 1 fully saturated rings. The highest BCUT2D eigenvalue weighted by molar-refractivity contribution is 6.08. The summed E-state index contributed by atoms with van der Waals surface area (Å²) in [6, 6.07) is 12.1. The second kappa shape index (κ2) is 7.43. The van der Waals surface area contributed by atoms with Crippen molar-refractivity contribution in [2.45, 2.75) is 26.3 Å². The predicted molar refractivity (Wildman–Crippen MR) is 111 cm³/mol. The standard InChI is InChI=1S/C22H22N4O3/c1-13-7-8-16(9-14(13)2)24-20(27)12-26-21(28)19(25-22(26)29)10-15-11-23-18-6-4-3-5-17(15)18/h3-9,11,19,23H,10,12H2,1-2H3,(H,24,27)(H,25,29). The largest absolute Gasteiger partial charge is 0.361 e. The number of hydrogen-bond acceptors (Lipinski definition) is 3. The normalized spacial score (nSPS) is 16.3. The van der Waals surface area contributed by atoms with Crippen molar-refractivity contribution < 1.29 is 14.4 Å². The average molecular weight is 390 g/mol. The number of urea groups is 1. The van der Waals surface area contributed by atoms with Gasteiger partial charge in [-0.1, -0.05) is 24.3 Å². The first-order valence-corrected chi connectivity index (χ1v) is 9.46. The third-order valence-corrected chi connectivity index (χ3v) is 5.30. The molecule has 2 aromatic carbocycles. The fourth-order valence-electron chi connectivity index (χ4n) is 3.55. The lowest BCUT2D eigenvalue weighted by molar-refractivity contribution is -0.130. The van der Waals surface area contributed by atoms with Gasteiger partial charge in [0, 0.05) is 29.2 Å². The van der Waals surface area contributed by atoms with Gasteiger partial charge in [0.1, 0.15) is 12.6 Å². The Morgan fingerprint density at radius 3 is 2.69 bits per heavy atom. The Hall–Kier alpha value is -3.61. The van der Waals surface area contributed by atoms with Crippen molar-refractivity contribution in [2.75, 3.05) is 11.9 Å². The minimum absolute atomic E-state index is 0.317. The van der Waals surface area contributed by atoms with Crippen LogP contribution in [0.3, 0.4) is 0 Å². The molecule has 148 valence electrons. The first-order chi connectivity index (χ1) is 13.9. The molecular weight excluding hydrogens is 368 g/mol. The van der Waals surface area contributed by atoms with Crippen LogP contribution in [0.4, 0.5) is 10.5 Å². The number of carbonyl (C=O) groups excluding carboxylic acids is 3. The average Bonchev–Trinajstić information content (AvgIpc) is 3.21. The summed E-state index contributed by atoms with van der Waals surface area (Å²) in [6.45, 7) is 3.63. The van der Waals surface area contributed by atoms with Crippen molar-refractivity contribution in [3.63, 3.8) is 0 Å². The number of aryl methyl sites for hydroxylation is 2. The molecular formula is C22H22N4O3. The lowest BCUT2D eigenvalue weighted by Crippen LogP contribution is -2.38. The van der Waals surface area contributed by atoms with Crippen molar-refractivity contribution in [3.05, 3.63) is 65.4 Å². The van der Waals surface area contributed by atoms with Crippen LogP contribution in [0.5, 0.6) is 0 Å².